The number of anilines is 1. The summed E-state index contributed by atoms with van der Waals surface area (Å²) in [4.78, 5) is 26.0. The van der Waals surface area contributed by atoms with Crippen molar-refractivity contribution in [1.29, 1.82) is 0 Å². The summed E-state index contributed by atoms with van der Waals surface area (Å²) in [5, 5.41) is 6.13. The van der Waals surface area contributed by atoms with Gasteiger partial charge in [0.05, 0.1) is 5.92 Å². The van der Waals surface area contributed by atoms with E-state index in [1.165, 1.54) is 0 Å². The molecule has 1 unspecified atom stereocenters. The molecule has 0 aliphatic carbocycles. The molecule has 7 heteroatoms. The molecular weight excluding hydrogens is 382 g/mol. The second-order valence-electron chi connectivity index (χ2n) is 5.43. The van der Waals surface area contributed by atoms with Crippen molar-refractivity contribution in [3.63, 3.8) is 0 Å². The number of halogens is 2. The minimum Gasteiger partial charge on any atom is -0.355 e. The lowest BCUT2D eigenvalue weighted by Gasteiger charge is -2.17. The van der Waals surface area contributed by atoms with Gasteiger partial charge in [-0.25, -0.2) is 0 Å². The van der Waals surface area contributed by atoms with Crippen molar-refractivity contribution in [3.05, 3.63) is 28.7 Å². The molecule has 1 aromatic rings. The normalized spacial score (nSPS) is 17.0. The van der Waals surface area contributed by atoms with E-state index in [-0.39, 0.29) is 36.6 Å². The van der Waals surface area contributed by atoms with Crippen molar-refractivity contribution >= 4 is 45.8 Å². The monoisotopic (exact) mass is 403 g/mol. The molecule has 0 radical (unpaired) electrons. The zero-order valence-electron chi connectivity index (χ0n) is 13.2. The summed E-state index contributed by atoms with van der Waals surface area (Å²) >= 11 is 3.40. The molecule has 2 N–H and O–H groups in total. The van der Waals surface area contributed by atoms with E-state index in [4.69, 9.17) is 0 Å². The smallest absolute Gasteiger partial charge is 0.227 e. The Morgan fingerprint density at radius 3 is 2.83 bits per heavy atom. The van der Waals surface area contributed by atoms with Crippen LogP contribution in [0.1, 0.15) is 19.8 Å². The van der Waals surface area contributed by atoms with Crippen LogP contribution in [0.3, 0.4) is 0 Å². The lowest BCUT2D eigenvalue weighted by Crippen LogP contribution is -2.37. The molecule has 1 saturated heterocycles. The lowest BCUT2D eigenvalue weighted by molar-refractivity contribution is -0.126. The van der Waals surface area contributed by atoms with E-state index in [0.717, 1.165) is 29.7 Å². The molecule has 0 spiro atoms. The van der Waals surface area contributed by atoms with E-state index >= 15 is 0 Å². The molecule has 0 saturated carbocycles. The van der Waals surface area contributed by atoms with Crippen LogP contribution in [0, 0.1) is 5.92 Å². The maximum Gasteiger partial charge on any atom is 0.227 e. The van der Waals surface area contributed by atoms with Gasteiger partial charge in [-0.1, -0.05) is 28.9 Å². The van der Waals surface area contributed by atoms with Gasteiger partial charge >= 0.3 is 0 Å². The molecule has 2 amide bonds. The largest absolute Gasteiger partial charge is 0.355 e. The highest BCUT2D eigenvalue weighted by molar-refractivity contribution is 9.10. The summed E-state index contributed by atoms with van der Waals surface area (Å²) in [6, 6.07) is 7.58. The van der Waals surface area contributed by atoms with Crippen LogP contribution in [0.25, 0.3) is 0 Å². The summed E-state index contributed by atoms with van der Waals surface area (Å²) < 4.78 is 0.924. The summed E-state index contributed by atoms with van der Waals surface area (Å²) in [6.07, 6.45) is 1.35. The summed E-state index contributed by atoms with van der Waals surface area (Å²) in [7, 11) is 0. The highest BCUT2D eigenvalue weighted by Crippen LogP contribution is 2.27. The van der Waals surface area contributed by atoms with Gasteiger partial charge in [0.2, 0.25) is 11.8 Å². The first-order chi connectivity index (χ1) is 10.6. The molecule has 2 rings (SSSR count). The van der Waals surface area contributed by atoms with Gasteiger partial charge in [-0.3, -0.25) is 9.59 Å². The second kappa shape index (κ2) is 9.90. The van der Waals surface area contributed by atoms with Gasteiger partial charge in [0.15, 0.2) is 0 Å². The molecule has 5 nitrogen and oxygen atoms in total. The number of carbonyl (C=O) groups excluding carboxylic acids is 2. The van der Waals surface area contributed by atoms with Gasteiger partial charge in [-0.05, 0) is 31.2 Å². The summed E-state index contributed by atoms with van der Waals surface area (Å²) in [5.74, 6) is -0.302. The van der Waals surface area contributed by atoms with Crippen LogP contribution < -0.4 is 15.5 Å². The summed E-state index contributed by atoms with van der Waals surface area (Å²) in [6.45, 7) is 4.86. The van der Waals surface area contributed by atoms with Gasteiger partial charge in [0.25, 0.3) is 0 Å². The first-order valence-electron chi connectivity index (χ1n) is 7.66. The van der Waals surface area contributed by atoms with Gasteiger partial charge in [-0.15, -0.1) is 12.4 Å². The van der Waals surface area contributed by atoms with Crippen LogP contribution in [0.5, 0.6) is 0 Å². The number of nitrogens with zero attached hydrogens (tertiary/aromatic N) is 1. The van der Waals surface area contributed by atoms with E-state index in [0.29, 0.717) is 13.1 Å². The van der Waals surface area contributed by atoms with Crippen LogP contribution in [-0.2, 0) is 9.59 Å². The molecular formula is C16H23BrClN3O2. The number of amides is 2. The van der Waals surface area contributed by atoms with E-state index in [9.17, 15) is 9.59 Å². The topological polar surface area (TPSA) is 61.4 Å². The van der Waals surface area contributed by atoms with Crippen LogP contribution in [0.4, 0.5) is 5.69 Å². The number of hydrogen-bond donors (Lipinski definition) is 2. The zero-order valence-corrected chi connectivity index (χ0v) is 15.6. The van der Waals surface area contributed by atoms with E-state index in [1.54, 1.807) is 4.90 Å². The van der Waals surface area contributed by atoms with Crippen molar-refractivity contribution in [2.75, 3.05) is 31.1 Å². The fraction of sp³-hybridized carbons (Fsp3) is 0.500. The Morgan fingerprint density at radius 1 is 1.35 bits per heavy atom. The third kappa shape index (κ3) is 5.79. The second-order valence-corrected chi connectivity index (χ2v) is 6.34. The zero-order chi connectivity index (χ0) is 15.9. The van der Waals surface area contributed by atoms with Crippen molar-refractivity contribution < 1.29 is 9.59 Å². The minimum absolute atomic E-state index is 0. The quantitative estimate of drug-likeness (QED) is 0.686. The fourth-order valence-electron chi connectivity index (χ4n) is 2.50. The van der Waals surface area contributed by atoms with Gasteiger partial charge in [0.1, 0.15) is 0 Å². The van der Waals surface area contributed by atoms with E-state index in [2.05, 4.69) is 33.5 Å². The maximum atomic E-state index is 12.1. The van der Waals surface area contributed by atoms with Crippen LogP contribution in [0.15, 0.2) is 28.7 Å². The van der Waals surface area contributed by atoms with E-state index in [1.807, 2.05) is 24.3 Å². The fourth-order valence-corrected chi connectivity index (χ4v) is 2.88. The van der Waals surface area contributed by atoms with Crippen molar-refractivity contribution in [3.8, 4) is 0 Å². The molecule has 23 heavy (non-hydrogen) atoms. The van der Waals surface area contributed by atoms with Gasteiger partial charge < -0.3 is 15.5 Å². The Hall–Kier alpha value is -1.11. The molecule has 1 heterocycles. The third-order valence-corrected chi connectivity index (χ3v) is 4.14. The van der Waals surface area contributed by atoms with Crippen LogP contribution in [-0.4, -0.2) is 38.0 Å². The predicted octanol–water partition coefficient (Wildman–Crippen LogP) is 2.34. The molecule has 1 aromatic carbocycles. The predicted molar refractivity (Wildman–Crippen MR) is 98.0 cm³/mol. The molecule has 1 fully saturated rings. The Labute approximate surface area is 151 Å². The Morgan fingerprint density at radius 2 is 2.13 bits per heavy atom. The van der Waals surface area contributed by atoms with Gasteiger partial charge in [0, 0.05) is 36.2 Å². The van der Waals surface area contributed by atoms with Crippen molar-refractivity contribution in [1.82, 2.24) is 10.6 Å². The number of benzene rings is 1. The van der Waals surface area contributed by atoms with Crippen LogP contribution in [0.2, 0.25) is 0 Å². The molecule has 1 aliphatic rings. The molecule has 0 aromatic heterocycles. The minimum atomic E-state index is -0.266. The first-order valence-corrected chi connectivity index (χ1v) is 8.45. The molecule has 1 aliphatic heterocycles. The average molecular weight is 405 g/mol. The Balaban J connectivity index is 0.00000264. The van der Waals surface area contributed by atoms with Crippen molar-refractivity contribution in [2.24, 2.45) is 5.92 Å². The summed E-state index contributed by atoms with van der Waals surface area (Å²) in [5.41, 5.74) is 0.833. The van der Waals surface area contributed by atoms with Gasteiger partial charge in [-0.2, -0.15) is 0 Å². The highest BCUT2D eigenvalue weighted by Gasteiger charge is 2.34. The maximum absolute atomic E-state index is 12.1. The van der Waals surface area contributed by atoms with Crippen molar-refractivity contribution in [2.45, 2.75) is 19.8 Å². The Bertz CT molecular complexity index is 542. The first kappa shape index (κ1) is 19.9. The number of carbonyl (C=O) groups is 2. The highest BCUT2D eigenvalue weighted by atomic mass is 79.9. The number of hydrogen-bond acceptors (Lipinski definition) is 3. The third-order valence-electron chi connectivity index (χ3n) is 3.64. The Kier molecular flexibility index (Phi) is 8.58. The molecule has 0 bridgehead atoms. The molecule has 128 valence electrons. The lowest BCUT2D eigenvalue weighted by atomic mass is 10.1. The SMILES string of the molecule is CCCNCCNC(=O)C1CC(=O)N(c2cccc(Br)c2)C1.Cl. The van der Waals surface area contributed by atoms with Crippen LogP contribution >= 0.6 is 28.3 Å². The van der Waals surface area contributed by atoms with E-state index < -0.39 is 0 Å². The molecule has 1 atom stereocenters. The average Bonchev–Trinajstić information content (AvgIpc) is 2.89. The standard InChI is InChI=1S/C16H22BrN3O2.ClH/c1-2-6-18-7-8-19-16(22)12-9-15(21)20(11-12)14-5-3-4-13(17)10-14;/h3-5,10,12,18H,2,6-9,11H2,1H3,(H,19,22);1H. The number of rotatable bonds is 7. The number of nitrogens with one attached hydrogen (secondary N) is 2.